The molecule has 0 atom stereocenters. The highest BCUT2D eigenvalue weighted by molar-refractivity contribution is 8.14. The third kappa shape index (κ3) is 3.63. The average Bonchev–Trinajstić information content (AvgIpc) is 2.88. The average molecular weight is 326 g/mol. The quantitative estimate of drug-likeness (QED) is 0.916. The number of nitrogens with one attached hydrogen (secondary N) is 1. The smallest absolute Gasteiger partial charge is 0.289 e. The topological polar surface area (TPSA) is 49.4 Å². The number of carbonyl (C=O) groups is 2. The Hall–Kier alpha value is -2.11. The molecule has 0 radical (unpaired) electrons. The van der Waals surface area contributed by atoms with E-state index in [2.05, 4.69) is 29.6 Å². The molecule has 4 nitrogen and oxygen atoms in total. The Balaban J connectivity index is 1.75. The Morgan fingerprint density at radius 1 is 1.04 bits per heavy atom. The van der Waals surface area contributed by atoms with Crippen molar-refractivity contribution in [2.75, 3.05) is 12.8 Å². The minimum atomic E-state index is -0.154. The van der Waals surface area contributed by atoms with E-state index in [4.69, 9.17) is 0 Å². The molecule has 2 amide bonds. The van der Waals surface area contributed by atoms with E-state index in [-0.39, 0.29) is 16.9 Å². The van der Waals surface area contributed by atoms with Crippen LogP contribution in [0, 0.1) is 0 Å². The van der Waals surface area contributed by atoms with Crippen LogP contribution in [0.1, 0.15) is 11.1 Å². The van der Waals surface area contributed by atoms with Gasteiger partial charge in [0.2, 0.25) is 5.91 Å². The summed E-state index contributed by atoms with van der Waals surface area (Å²) in [4.78, 5) is 24.6. The van der Waals surface area contributed by atoms with Gasteiger partial charge >= 0.3 is 0 Å². The van der Waals surface area contributed by atoms with Gasteiger partial charge in [-0.1, -0.05) is 54.2 Å². The van der Waals surface area contributed by atoms with Gasteiger partial charge in [-0.05, 0) is 35.4 Å². The van der Waals surface area contributed by atoms with Crippen LogP contribution in [0.2, 0.25) is 0 Å². The highest BCUT2D eigenvalue weighted by Crippen LogP contribution is 2.24. The molecule has 0 saturated carbocycles. The molecule has 2 aromatic carbocycles. The summed E-state index contributed by atoms with van der Waals surface area (Å²) in [5, 5.41) is 3.00. The highest BCUT2D eigenvalue weighted by Gasteiger charge is 2.29. The van der Waals surface area contributed by atoms with Gasteiger partial charge in [0.25, 0.3) is 5.24 Å². The monoisotopic (exact) mass is 326 g/mol. The van der Waals surface area contributed by atoms with Crippen LogP contribution in [-0.4, -0.2) is 28.8 Å². The van der Waals surface area contributed by atoms with Crippen LogP contribution in [0.4, 0.5) is 4.79 Å². The maximum atomic E-state index is 11.7. The second-order valence-corrected chi connectivity index (χ2v) is 6.39. The van der Waals surface area contributed by atoms with Crippen molar-refractivity contribution in [3.8, 4) is 11.1 Å². The summed E-state index contributed by atoms with van der Waals surface area (Å²) in [6.45, 7) is 1.19. The zero-order chi connectivity index (χ0) is 16.2. The molecule has 1 N–H and O–H groups in total. The van der Waals surface area contributed by atoms with Crippen LogP contribution in [0.15, 0.2) is 48.5 Å². The van der Waals surface area contributed by atoms with E-state index in [1.807, 2.05) is 31.3 Å². The molecule has 1 heterocycles. The van der Waals surface area contributed by atoms with Crippen molar-refractivity contribution in [3.05, 3.63) is 59.7 Å². The second kappa shape index (κ2) is 6.98. The van der Waals surface area contributed by atoms with Crippen molar-refractivity contribution in [1.29, 1.82) is 0 Å². The number of hydrogen-bond acceptors (Lipinski definition) is 4. The Kier molecular flexibility index (Phi) is 4.79. The van der Waals surface area contributed by atoms with Crippen LogP contribution in [0.3, 0.4) is 0 Å². The lowest BCUT2D eigenvalue weighted by Gasteiger charge is -2.13. The summed E-state index contributed by atoms with van der Waals surface area (Å²) in [6, 6.07) is 16.4. The zero-order valence-electron chi connectivity index (χ0n) is 12.9. The number of amides is 2. The van der Waals surface area contributed by atoms with Crippen LogP contribution < -0.4 is 5.32 Å². The molecule has 1 aliphatic heterocycles. The first kappa shape index (κ1) is 15.8. The standard InChI is InChI=1S/C18H18N2O2S/c1-19-10-14-3-2-4-16(9-14)15-7-5-13(6-8-15)11-20-17(21)12-23-18(20)22/h2-9,19H,10-12H2,1H3. The summed E-state index contributed by atoms with van der Waals surface area (Å²) in [6.07, 6.45) is 0. The summed E-state index contributed by atoms with van der Waals surface area (Å²) in [5.74, 6) is 0.152. The molecule has 0 aromatic heterocycles. The van der Waals surface area contributed by atoms with E-state index in [1.54, 1.807) is 0 Å². The van der Waals surface area contributed by atoms with Gasteiger partial charge in [0.05, 0.1) is 12.3 Å². The Bertz CT molecular complexity index is 712. The fraction of sp³-hybridized carbons (Fsp3) is 0.222. The van der Waals surface area contributed by atoms with Crippen molar-refractivity contribution < 1.29 is 9.59 Å². The summed E-state index contributed by atoms with van der Waals surface area (Å²) in [7, 11) is 1.93. The van der Waals surface area contributed by atoms with Crippen LogP contribution >= 0.6 is 11.8 Å². The molecule has 3 rings (SSSR count). The number of thioether (sulfide) groups is 1. The molecular formula is C18H18N2O2S. The van der Waals surface area contributed by atoms with Crippen molar-refractivity contribution in [1.82, 2.24) is 10.2 Å². The number of benzene rings is 2. The number of hydrogen-bond donors (Lipinski definition) is 1. The fourth-order valence-electron chi connectivity index (χ4n) is 2.58. The molecule has 1 saturated heterocycles. The predicted molar refractivity (Wildman–Crippen MR) is 93.0 cm³/mol. The van der Waals surface area contributed by atoms with Gasteiger partial charge in [-0.15, -0.1) is 0 Å². The lowest BCUT2D eigenvalue weighted by molar-refractivity contribution is -0.125. The SMILES string of the molecule is CNCc1cccc(-c2ccc(CN3C(=O)CSC3=O)cc2)c1. The van der Waals surface area contributed by atoms with Gasteiger partial charge in [0.1, 0.15) is 0 Å². The largest absolute Gasteiger partial charge is 0.316 e. The number of rotatable bonds is 5. The fourth-order valence-corrected chi connectivity index (χ4v) is 3.31. The van der Waals surface area contributed by atoms with E-state index in [9.17, 15) is 9.59 Å². The molecular weight excluding hydrogens is 308 g/mol. The molecule has 23 heavy (non-hydrogen) atoms. The third-order valence-electron chi connectivity index (χ3n) is 3.78. The minimum absolute atomic E-state index is 0.108. The Labute approximate surface area is 139 Å². The van der Waals surface area contributed by atoms with Crippen LogP contribution in [0.25, 0.3) is 11.1 Å². The first-order valence-electron chi connectivity index (χ1n) is 7.47. The van der Waals surface area contributed by atoms with Crippen molar-refractivity contribution in [2.24, 2.45) is 0 Å². The van der Waals surface area contributed by atoms with Crippen molar-refractivity contribution >= 4 is 22.9 Å². The predicted octanol–water partition coefficient (Wildman–Crippen LogP) is 3.27. The first-order chi connectivity index (χ1) is 11.2. The van der Waals surface area contributed by atoms with E-state index in [0.717, 1.165) is 35.0 Å². The maximum absolute atomic E-state index is 11.7. The molecule has 1 aliphatic rings. The molecule has 0 unspecified atom stereocenters. The molecule has 5 heteroatoms. The van der Waals surface area contributed by atoms with E-state index in [0.29, 0.717) is 6.54 Å². The second-order valence-electron chi connectivity index (χ2n) is 5.46. The molecule has 0 aliphatic carbocycles. The lowest BCUT2D eigenvalue weighted by Crippen LogP contribution is -2.27. The van der Waals surface area contributed by atoms with Crippen molar-refractivity contribution in [2.45, 2.75) is 13.1 Å². The number of carbonyl (C=O) groups excluding carboxylic acids is 2. The van der Waals surface area contributed by atoms with Gasteiger partial charge in [-0.25, -0.2) is 0 Å². The van der Waals surface area contributed by atoms with E-state index in [1.165, 1.54) is 10.5 Å². The normalized spacial score (nSPS) is 14.6. The summed E-state index contributed by atoms with van der Waals surface area (Å²) >= 11 is 1.07. The third-order valence-corrected chi connectivity index (χ3v) is 4.64. The first-order valence-corrected chi connectivity index (χ1v) is 8.46. The molecule has 0 bridgehead atoms. The van der Waals surface area contributed by atoms with Gasteiger partial charge in [0.15, 0.2) is 0 Å². The van der Waals surface area contributed by atoms with Gasteiger partial charge < -0.3 is 5.32 Å². The molecule has 2 aromatic rings. The van der Waals surface area contributed by atoms with Gasteiger partial charge in [-0.3, -0.25) is 14.5 Å². The summed E-state index contributed by atoms with van der Waals surface area (Å²) in [5.41, 5.74) is 4.48. The number of nitrogens with zero attached hydrogens (tertiary/aromatic N) is 1. The van der Waals surface area contributed by atoms with E-state index < -0.39 is 0 Å². The van der Waals surface area contributed by atoms with Crippen LogP contribution in [0.5, 0.6) is 0 Å². The van der Waals surface area contributed by atoms with Gasteiger partial charge in [-0.2, -0.15) is 0 Å². The Morgan fingerprint density at radius 3 is 2.48 bits per heavy atom. The Morgan fingerprint density at radius 2 is 1.83 bits per heavy atom. The molecule has 1 fully saturated rings. The molecule has 0 spiro atoms. The van der Waals surface area contributed by atoms with E-state index >= 15 is 0 Å². The van der Waals surface area contributed by atoms with Crippen LogP contribution in [-0.2, 0) is 17.9 Å². The van der Waals surface area contributed by atoms with Gasteiger partial charge in [0, 0.05) is 6.54 Å². The highest BCUT2D eigenvalue weighted by atomic mass is 32.2. The van der Waals surface area contributed by atoms with Crippen molar-refractivity contribution in [3.63, 3.8) is 0 Å². The minimum Gasteiger partial charge on any atom is -0.316 e. The number of imide groups is 1. The zero-order valence-corrected chi connectivity index (χ0v) is 13.7. The molecule has 118 valence electrons. The summed E-state index contributed by atoms with van der Waals surface area (Å²) < 4.78 is 0. The maximum Gasteiger partial charge on any atom is 0.289 e. The lowest BCUT2D eigenvalue weighted by atomic mass is 10.0.